The lowest BCUT2D eigenvalue weighted by molar-refractivity contribution is -0.141. The highest BCUT2D eigenvalue weighted by Gasteiger charge is 2.38. The Hall–Kier alpha value is -1.51. The lowest BCUT2D eigenvalue weighted by Crippen LogP contribution is -2.46. The maximum Gasteiger partial charge on any atom is 0.389 e. The summed E-state index contributed by atoms with van der Waals surface area (Å²) in [5.41, 5.74) is 0. The van der Waals surface area contributed by atoms with E-state index < -0.39 is 36.7 Å². The molecule has 9 heteroatoms. The van der Waals surface area contributed by atoms with Gasteiger partial charge < -0.3 is 20.4 Å². The smallest absolute Gasteiger partial charge is 0.389 e. The molecule has 0 bridgehead atoms. The Morgan fingerprint density at radius 1 is 1.37 bits per heavy atom. The van der Waals surface area contributed by atoms with Crippen LogP contribution in [0.2, 0.25) is 0 Å². The van der Waals surface area contributed by atoms with Crippen molar-refractivity contribution in [2.75, 3.05) is 13.1 Å². The van der Waals surface area contributed by atoms with Crippen molar-refractivity contribution in [1.29, 1.82) is 0 Å². The van der Waals surface area contributed by atoms with Crippen molar-refractivity contribution in [3.05, 3.63) is 0 Å². The fourth-order valence-electron chi connectivity index (χ4n) is 1.86. The van der Waals surface area contributed by atoms with E-state index in [1.165, 1.54) is 0 Å². The molecule has 1 aliphatic heterocycles. The summed E-state index contributed by atoms with van der Waals surface area (Å²) in [5, 5.41) is 20.4. The highest BCUT2D eigenvalue weighted by Crippen LogP contribution is 2.21. The fourth-order valence-corrected chi connectivity index (χ4v) is 1.86. The number of carboxylic acid groups (broad SMARTS) is 1. The van der Waals surface area contributed by atoms with Gasteiger partial charge in [0.05, 0.1) is 6.10 Å². The van der Waals surface area contributed by atoms with Crippen LogP contribution in [0.3, 0.4) is 0 Å². The average Bonchev–Trinajstić information content (AvgIpc) is 2.65. The molecular weight excluding hydrogens is 269 g/mol. The summed E-state index contributed by atoms with van der Waals surface area (Å²) in [6.07, 6.45) is -6.58. The minimum atomic E-state index is -4.28. The molecule has 0 aromatic rings. The van der Waals surface area contributed by atoms with Crippen molar-refractivity contribution in [3.63, 3.8) is 0 Å². The number of rotatable bonds is 4. The molecule has 0 radical (unpaired) electrons. The van der Waals surface area contributed by atoms with Gasteiger partial charge in [-0.3, -0.25) is 0 Å². The van der Waals surface area contributed by atoms with E-state index in [0.29, 0.717) is 0 Å². The SMILES string of the molecule is O=C(O)[C@H]1C[C@@H](O)CN1C(=O)NCCCC(F)(F)F. The van der Waals surface area contributed by atoms with E-state index in [9.17, 15) is 27.9 Å². The number of aliphatic carboxylic acids is 1. The topological polar surface area (TPSA) is 89.9 Å². The van der Waals surface area contributed by atoms with E-state index in [1.54, 1.807) is 0 Å². The van der Waals surface area contributed by atoms with Gasteiger partial charge in [-0.05, 0) is 6.42 Å². The molecule has 3 N–H and O–H groups in total. The first kappa shape index (κ1) is 15.5. The summed E-state index contributed by atoms with van der Waals surface area (Å²) < 4.78 is 35.6. The summed E-state index contributed by atoms with van der Waals surface area (Å²) in [4.78, 5) is 23.3. The van der Waals surface area contributed by atoms with Crippen LogP contribution >= 0.6 is 0 Å². The summed E-state index contributed by atoms with van der Waals surface area (Å²) in [6.45, 7) is -0.334. The van der Waals surface area contributed by atoms with Crippen LogP contribution < -0.4 is 5.32 Å². The number of hydrogen-bond acceptors (Lipinski definition) is 3. The first-order valence-electron chi connectivity index (χ1n) is 5.73. The van der Waals surface area contributed by atoms with E-state index in [2.05, 4.69) is 5.32 Å². The van der Waals surface area contributed by atoms with Crippen molar-refractivity contribution >= 4 is 12.0 Å². The second-order valence-electron chi connectivity index (χ2n) is 4.35. The molecule has 0 aliphatic carbocycles. The van der Waals surface area contributed by atoms with Crippen molar-refractivity contribution in [1.82, 2.24) is 10.2 Å². The van der Waals surface area contributed by atoms with Crippen LogP contribution in [-0.2, 0) is 4.79 Å². The van der Waals surface area contributed by atoms with Gasteiger partial charge in [0.15, 0.2) is 0 Å². The van der Waals surface area contributed by atoms with E-state index in [-0.39, 0.29) is 25.9 Å². The Morgan fingerprint density at radius 3 is 2.53 bits per heavy atom. The van der Waals surface area contributed by atoms with Gasteiger partial charge in [0.25, 0.3) is 0 Å². The van der Waals surface area contributed by atoms with Crippen molar-refractivity contribution in [3.8, 4) is 0 Å². The van der Waals surface area contributed by atoms with Crippen molar-refractivity contribution in [2.45, 2.75) is 37.6 Å². The average molecular weight is 284 g/mol. The summed E-state index contributed by atoms with van der Waals surface area (Å²) in [7, 11) is 0. The second-order valence-corrected chi connectivity index (χ2v) is 4.35. The van der Waals surface area contributed by atoms with Crippen LogP contribution in [0.15, 0.2) is 0 Å². The number of β-amino-alcohol motifs (C(OH)–C–C–N with tert-alkyl or cyclic N) is 1. The van der Waals surface area contributed by atoms with Crippen LogP contribution in [0, 0.1) is 0 Å². The third-order valence-corrected chi connectivity index (χ3v) is 2.74. The predicted molar refractivity (Wildman–Crippen MR) is 57.4 cm³/mol. The molecule has 6 nitrogen and oxygen atoms in total. The number of alkyl halides is 3. The molecule has 0 spiro atoms. The monoisotopic (exact) mass is 284 g/mol. The third-order valence-electron chi connectivity index (χ3n) is 2.74. The van der Waals surface area contributed by atoms with Crippen LogP contribution in [0.1, 0.15) is 19.3 Å². The number of nitrogens with zero attached hydrogens (tertiary/aromatic N) is 1. The van der Waals surface area contributed by atoms with Crippen LogP contribution in [0.5, 0.6) is 0 Å². The molecule has 2 atom stereocenters. The van der Waals surface area contributed by atoms with Crippen LogP contribution in [0.25, 0.3) is 0 Å². The van der Waals surface area contributed by atoms with E-state index >= 15 is 0 Å². The molecule has 110 valence electrons. The number of aliphatic hydroxyl groups excluding tert-OH is 1. The normalized spacial score (nSPS) is 23.5. The Bertz CT molecular complexity index is 348. The maximum atomic E-state index is 11.9. The van der Waals surface area contributed by atoms with E-state index in [1.807, 2.05) is 0 Å². The largest absolute Gasteiger partial charge is 0.480 e. The van der Waals surface area contributed by atoms with Gasteiger partial charge in [-0.1, -0.05) is 0 Å². The number of carbonyl (C=O) groups is 2. The van der Waals surface area contributed by atoms with Gasteiger partial charge >= 0.3 is 18.2 Å². The molecule has 1 fully saturated rings. The van der Waals surface area contributed by atoms with Gasteiger partial charge in [0.1, 0.15) is 6.04 Å². The molecular formula is C10H15F3N2O4. The molecule has 0 unspecified atom stereocenters. The summed E-state index contributed by atoms with van der Waals surface area (Å²) in [5.74, 6) is -1.25. The van der Waals surface area contributed by atoms with Crippen molar-refractivity contribution in [2.24, 2.45) is 0 Å². The van der Waals surface area contributed by atoms with Gasteiger partial charge in [-0.15, -0.1) is 0 Å². The molecule has 1 rings (SSSR count). The number of carboxylic acids is 1. The number of likely N-dealkylation sites (tertiary alicyclic amines) is 1. The predicted octanol–water partition coefficient (Wildman–Crippen LogP) is 0.558. The highest BCUT2D eigenvalue weighted by atomic mass is 19.4. The van der Waals surface area contributed by atoms with E-state index in [4.69, 9.17) is 5.11 Å². The molecule has 0 aromatic heterocycles. The Balaban J connectivity index is 2.38. The number of nitrogens with one attached hydrogen (secondary N) is 1. The first-order chi connectivity index (χ1) is 8.70. The molecule has 2 amide bonds. The first-order valence-corrected chi connectivity index (χ1v) is 5.73. The number of aliphatic hydroxyl groups is 1. The van der Waals surface area contributed by atoms with Crippen molar-refractivity contribution < 1.29 is 33.0 Å². The minimum absolute atomic E-state index is 0.0781. The Labute approximate surface area is 107 Å². The molecule has 0 aromatic carbocycles. The quantitative estimate of drug-likeness (QED) is 0.658. The van der Waals surface area contributed by atoms with Gasteiger partial charge in [0, 0.05) is 25.9 Å². The van der Waals surface area contributed by atoms with Gasteiger partial charge in [-0.25, -0.2) is 9.59 Å². The van der Waals surface area contributed by atoms with Crippen LogP contribution in [-0.4, -0.2) is 58.5 Å². The number of amides is 2. The number of urea groups is 1. The van der Waals surface area contributed by atoms with Gasteiger partial charge in [-0.2, -0.15) is 13.2 Å². The number of hydrogen-bond donors (Lipinski definition) is 3. The molecule has 1 aliphatic rings. The summed E-state index contributed by atoms with van der Waals surface area (Å²) >= 11 is 0. The molecule has 1 saturated heterocycles. The second kappa shape index (κ2) is 6.09. The lowest BCUT2D eigenvalue weighted by Gasteiger charge is -2.21. The fraction of sp³-hybridized carbons (Fsp3) is 0.800. The van der Waals surface area contributed by atoms with Gasteiger partial charge in [0.2, 0.25) is 0 Å². The zero-order chi connectivity index (χ0) is 14.6. The van der Waals surface area contributed by atoms with Crippen LogP contribution in [0.4, 0.5) is 18.0 Å². The Kier molecular flexibility index (Phi) is 4.98. The highest BCUT2D eigenvalue weighted by molar-refractivity contribution is 5.83. The molecule has 19 heavy (non-hydrogen) atoms. The van der Waals surface area contributed by atoms with E-state index in [0.717, 1.165) is 4.90 Å². The molecule has 0 saturated carbocycles. The Morgan fingerprint density at radius 2 is 2.00 bits per heavy atom. The third kappa shape index (κ3) is 4.93. The maximum absolute atomic E-state index is 11.9. The zero-order valence-corrected chi connectivity index (χ0v) is 9.98. The number of halogens is 3. The molecule has 1 heterocycles. The summed E-state index contributed by atoms with van der Waals surface area (Å²) in [6, 6.07) is -1.91. The zero-order valence-electron chi connectivity index (χ0n) is 9.98. The number of carbonyl (C=O) groups excluding carboxylic acids is 1. The standard InChI is InChI=1S/C10H15F3N2O4/c11-10(12,13)2-1-3-14-9(19)15-5-6(16)4-7(15)8(17)18/h6-7,16H,1-5H2,(H,14,19)(H,17,18)/t6-,7-/m1/s1. The minimum Gasteiger partial charge on any atom is -0.480 e. The lowest BCUT2D eigenvalue weighted by atomic mass is 10.2.